The van der Waals surface area contributed by atoms with E-state index in [9.17, 15) is 9.59 Å². The van der Waals surface area contributed by atoms with E-state index in [2.05, 4.69) is 56.9 Å². The maximum atomic E-state index is 14.3. The number of aromatic nitrogens is 2. The highest BCUT2D eigenvalue weighted by Gasteiger charge is 2.46. The fraction of sp³-hybridized carbons (Fsp3) is 0.586. The second kappa shape index (κ2) is 11.7. The van der Waals surface area contributed by atoms with Gasteiger partial charge in [0.1, 0.15) is 28.0 Å². The van der Waals surface area contributed by atoms with Gasteiger partial charge >= 0.3 is 6.09 Å². The first-order valence-electron chi connectivity index (χ1n) is 13.8. The van der Waals surface area contributed by atoms with Gasteiger partial charge in [0.05, 0.1) is 5.41 Å². The molecule has 2 aliphatic heterocycles. The van der Waals surface area contributed by atoms with Crippen molar-refractivity contribution in [3.63, 3.8) is 0 Å². The summed E-state index contributed by atoms with van der Waals surface area (Å²) in [7, 11) is 0. The number of ether oxygens (including phenoxy) is 1. The number of amides is 2. The van der Waals surface area contributed by atoms with Crippen molar-refractivity contribution >= 4 is 51.2 Å². The van der Waals surface area contributed by atoms with Crippen LogP contribution in [0, 0.1) is 0 Å². The summed E-state index contributed by atoms with van der Waals surface area (Å²) in [6.07, 6.45) is 2.27. The van der Waals surface area contributed by atoms with Crippen LogP contribution in [0.4, 0.5) is 16.4 Å². The molecule has 40 heavy (non-hydrogen) atoms. The standard InChI is InChI=1S/C29H40BrClN6O3/c1-27(2,3)34-23-22(30)24(33-19-32-23)35-15-17-36(18-16-35)25(38)29(20-7-9-21(31)10-8-20)11-13-37(14-12-29)26(39)40-28(4,5)6/h7-10,19H,11-18H2,1-6H3,(H,32,33,34). The molecule has 3 heterocycles. The summed E-state index contributed by atoms with van der Waals surface area (Å²) in [5.74, 6) is 1.65. The Hall–Kier alpha value is -2.59. The van der Waals surface area contributed by atoms with E-state index in [1.165, 1.54) is 0 Å². The van der Waals surface area contributed by atoms with Crippen molar-refractivity contribution in [3.8, 4) is 0 Å². The summed E-state index contributed by atoms with van der Waals surface area (Å²) >= 11 is 9.89. The fourth-order valence-corrected chi connectivity index (χ4v) is 5.92. The molecule has 0 unspecified atom stereocenters. The van der Waals surface area contributed by atoms with Gasteiger partial charge < -0.3 is 24.8 Å². The molecule has 4 rings (SSSR count). The van der Waals surface area contributed by atoms with Crippen LogP contribution in [0.5, 0.6) is 0 Å². The minimum absolute atomic E-state index is 0.0927. The third-order valence-electron chi connectivity index (χ3n) is 7.21. The van der Waals surface area contributed by atoms with Crippen molar-refractivity contribution in [2.75, 3.05) is 49.5 Å². The Kier molecular flexibility index (Phi) is 8.90. The number of rotatable bonds is 4. The number of hydrogen-bond acceptors (Lipinski definition) is 7. The molecule has 11 heteroatoms. The van der Waals surface area contributed by atoms with Crippen molar-refractivity contribution in [1.82, 2.24) is 19.8 Å². The molecule has 1 aromatic carbocycles. The number of hydrogen-bond donors (Lipinski definition) is 1. The summed E-state index contributed by atoms with van der Waals surface area (Å²) < 4.78 is 6.41. The average molecular weight is 636 g/mol. The molecule has 0 bridgehead atoms. The summed E-state index contributed by atoms with van der Waals surface area (Å²) in [6, 6.07) is 7.56. The second-order valence-corrected chi connectivity index (χ2v) is 13.8. The first-order chi connectivity index (χ1) is 18.7. The van der Waals surface area contributed by atoms with Crippen LogP contribution in [0.15, 0.2) is 35.1 Å². The first-order valence-corrected chi connectivity index (χ1v) is 14.9. The van der Waals surface area contributed by atoms with E-state index in [4.69, 9.17) is 16.3 Å². The Bertz CT molecular complexity index is 1210. The highest BCUT2D eigenvalue weighted by atomic mass is 79.9. The lowest BCUT2D eigenvalue weighted by atomic mass is 9.71. The van der Waals surface area contributed by atoms with Crippen LogP contribution in [0.1, 0.15) is 59.9 Å². The number of benzene rings is 1. The van der Waals surface area contributed by atoms with E-state index < -0.39 is 11.0 Å². The number of piperidine rings is 1. The lowest BCUT2D eigenvalue weighted by Crippen LogP contribution is -2.58. The van der Waals surface area contributed by atoms with Gasteiger partial charge in [0.25, 0.3) is 0 Å². The predicted molar refractivity (Wildman–Crippen MR) is 162 cm³/mol. The summed E-state index contributed by atoms with van der Waals surface area (Å²) in [6.45, 7) is 15.2. The molecule has 0 spiro atoms. The Morgan fingerprint density at radius 2 is 1.52 bits per heavy atom. The normalized spacial score (nSPS) is 17.9. The highest BCUT2D eigenvalue weighted by Crippen LogP contribution is 2.39. The van der Waals surface area contributed by atoms with Crippen LogP contribution in [0.3, 0.4) is 0 Å². The van der Waals surface area contributed by atoms with Crippen LogP contribution in [0.25, 0.3) is 0 Å². The zero-order chi connectivity index (χ0) is 29.3. The van der Waals surface area contributed by atoms with E-state index in [1.54, 1.807) is 11.2 Å². The minimum atomic E-state index is -0.732. The van der Waals surface area contributed by atoms with Crippen molar-refractivity contribution in [2.45, 2.75) is 70.9 Å². The molecule has 0 aliphatic carbocycles. The zero-order valence-electron chi connectivity index (χ0n) is 24.3. The maximum Gasteiger partial charge on any atom is 0.410 e. The minimum Gasteiger partial charge on any atom is -0.444 e. The number of carbonyl (C=O) groups is 2. The van der Waals surface area contributed by atoms with Crippen LogP contribution in [-0.4, -0.2) is 82.2 Å². The van der Waals surface area contributed by atoms with Crippen LogP contribution in [0.2, 0.25) is 5.02 Å². The summed E-state index contributed by atoms with van der Waals surface area (Å²) in [5.41, 5.74) is -0.511. The molecule has 218 valence electrons. The molecule has 9 nitrogen and oxygen atoms in total. The second-order valence-electron chi connectivity index (χ2n) is 12.6. The smallest absolute Gasteiger partial charge is 0.410 e. The zero-order valence-corrected chi connectivity index (χ0v) is 26.6. The maximum absolute atomic E-state index is 14.3. The molecule has 0 saturated carbocycles. The van der Waals surface area contributed by atoms with Gasteiger partial charge in [-0.3, -0.25) is 4.79 Å². The third kappa shape index (κ3) is 7.00. The van der Waals surface area contributed by atoms with Crippen LogP contribution < -0.4 is 10.2 Å². The average Bonchev–Trinajstić information content (AvgIpc) is 2.88. The SMILES string of the molecule is CC(C)(C)Nc1ncnc(N2CCN(C(=O)C3(c4ccc(Cl)cc4)CCN(C(=O)OC(C)(C)C)CC3)CC2)c1Br. The molecule has 2 fully saturated rings. The number of carbonyl (C=O) groups excluding carboxylic acids is 2. The molecule has 0 radical (unpaired) electrons. The largest absolute Gasteiger partial charge is 0.444 e. The Balaban J connectivity index is 1.50. The molecular formula is C29H40BrClN6O3. The van der Waals surface area contributed by atoms with Gasteiger partial charge in [0, 0.05) is 49.8 Å². The van der Waals surface area contributed by atoms with E-state index >= 15 is 0 Å². The Morgan fingerprint density at radius 3 is 2.08 bits per heavy atom. The van der Waals surface area contributed by atoms with E-state index in [0.29, 0.717) is 57.1 Å². The molecule has 2 saturated heterocycles. The summed E-state index contributed by atoms with van der Waals surface area (Å²) in [5, 5.41) is 4.04. The van der Waals surface area contributed by atoms with Crippen LogP contribution >= 0.6 is 27.5 Å². The Labute approximate surface area is 250 Å². The predicted octanol–water partition coefficient (Wildman–Crippen LogP) is 5.72. The van der Waals surface area contributed by atoms with Gasteiger partial charge in [-0.15, -0.1) is 0 Å². The quantitative estimate of drug-likeness (QED) is 0.460. The van der Waals surface area contributed by atoms with Gasteiger partial charge in [-0.1, -0.05) is 23.7 Å². The lowest BCUT2D eigenvalue weighted by molar-refractivity contribution is -0.140. The molecule has 0 atom stereocenters. The molecule has 2 aliphatic rings. The van der Waals surface area contributed by atoms with E-state index in [0.717, 1.165) is 21.7 Å². The fourth-order valence-electron chi connectivity index (χ4n) is 5.24. The molecule has 2 amide bonds. The monoisotopic (exact) mass is 634 g/mol. The van der Waals surface area contributed by atoms with Crippen molar-refractivity contribution < 1.29 is 14.3 Å². The van der Waals surface area contributed by atoms with E-state index in [1.807, 2.05) is 49.9 Å². The van der Waals surface area contributed by atoms with Gasteiger partial charge in [-0.05, 0) is 88.0 Å². The molecule has 1 aromatic heterocycles. The first kappa shape index (κ1) is 30.4. The number of piperazine rings is 1. The van der Waals surface area contributed by atoms with Crippen LogP contribution in [-0.2, 0) is 14.9 Å². The molecule has 2 aromatic rings. The molecule has 1 N–H and O–H groups in total. The van der Waals surface area contributed by atoms with Gasteiger partial charge in [-0.2, -0.15) is 0 Å². The third-order valence-corrected chi connectivity index (χ3v) is 8.19. The van der Waals surface area contributed by atoms with Crippen molar-refractivity contribution in [2.24, 2.45) is 0 Å². The van der Waals surface area contributed by atoms with E-state index in [-0.39, 0.29) is 17.5 Å². The van der Waals surface area contributed by atoms with Gasteiger partial charge in [0.15, 0.2) is 0 Å². The number of halogens is 2. The number of anilines is 2. The van der Waals surface area contributed by atoms with Crippen molar-refractivity contribution in [3.05, 3.63) is 45.7 Å². The molecular weight excluding hydrogens is 596 g/mol. The number of nitrogens with zero attached hydrogens (tertiary/aromatic N) is 5. The lowest BCUT2D eigenvalue weighted by Gasteiger charge is -2.45. The highest BCUT2D eigenvalue weighted by molar-refractivity contribution is 9.10. The van der Waals surface area contributed by atoms with Gasteiger partial charge in [0.2, 0.25) is 5.91 Å². The van der Waals surface area contributed by atoms with Crippen molar-refractivity contribution in [1.29, 1.82) is 0 Å². The topological polar surface area (TPSA) is 90.9 Å². The summed E-state index contributed by atoms with van der Waals surface area (Å²) in [4.78, 5) is 41.8. The Morgan fingerprint density at radius 1 is 0.925 bits per heavy atom. The van der Waals surface area contributed by atoms with Gasteiger partial charge in [-0.25, -0.2) is 14.8 Å². The number of likely N-dealkylation sites (tertiary alicyclic amines) is 1. The number of nitrogens with one attached hydrogen (secondary N) is 1.